The number of urea groups is 1. The maximum Gasteiger partial charge on any atom is 0.325 e. The van der Waals surface area contributed by atoms with Crippen LogP contribution in [0.4, 0.5) is 4.79 Å². The molecule has 3 rings (SSSR count). The Morgan fingerprint density at radius 1 is 1.23 bits per heavy atom. The quantitative estimate of drug-likeness (QED) is 0.769. The number of carbonyl (C=O) groups is 3. The second-order valence-corrected chi connectivity index (χ2v) is 7.60. The smallest absolute Gasteiger partial charge is 0.325 e. The number of rotatable bonds is 5. The normalized spacial score (nSPS) is 24.9. The zero-order valence-electron chi connectivity index (χ0n) is 15.3. The Morgan fingerprint density at radius 3 is 2.54 bits per heavy atom. The molecular formula is C19H26N4O3. The van der Waals surface area contributed by atoms with Gasteiger partial charge < -0.3 is 16.0 Å². The summed E-state index contributed by atoms with van der Waals surface area (Å²) in [7, 11) is 0. The molecule has 7 nitrogen and oxygen atoms in total. The van der Waals surface area contributed by atoms with E-state index in [4.69, 9.17) is 5.73 Å². The average molecular weight is 358 g/mol. The molecule has 0 spiro atoms. The predicted molar refractivity (Wildman–Crippen MR) is 97.3 cm³/mol. The molecule has 0 radical (unpaired) electrons. The van der Waals surface area contributed by atoms with E-state index in [1.165, 1.54) is 4.90 Å². The molecule has 2 aliphatic rings. The lowest BCUT2D eigenvalue weighted by Crippen LogP contribution is -2.40. The third-order valence-electron chi connectivity index (χ3n) is 5.16. The molecule has 0 aliphatic carbocycles. The second-order valence-electron chi connectivity index (χ2n) is 7.60. The minimum absolute atomic E-state index is 0.0187. The highest BCUT2D eigenvalue weighted by Crippen LogP contribution is 2.27. The minimum Gasteiger partial charge on any atom is -0.340 e. The van der Waals surface area contributed by atoms with Crippen molar-refractivity contribution in [1.29, 1.82) is 0 Å². The number of hydrogen-bond donors (Lipinski definition) is 2. The van der Waals surface area contributed by atoms with E-state index in [9.17, 15) is 14.4 Å². The molecule has 26 heavy (non-hydrogen) atoms. The van der Waals surface area contributed by atoms with Crippen LogP contribution in [0.25, 0.3) is 0 Å². The standard InChI is InChI=1S/C19H26N4O3/c1-19(2)17(25)23(18(26)21-19)10-6-9-16(24)22-11-14(15(20)12-22)13-7-4-3-5-8-13/h3-5,7-8,14-15H,6,9-12,20H2,1-2H3,(H,21,26)/t14-,15+/m0/s1. The number of nitrogens with one attached hydrogen (secondary N) is 1. The van der Waals surface area contributed by atoms with Gasteiger partial charge in [-0.2, -0.15) is 0 Å². The van der Waals surface area contributed by atoms with Crippen molar-refractivity contribution in [2.24, 2.45) is 5.73 Å². The molecule has 2 fully saturated rings. The third kappa shape index (κ3) is 3.58. The zero-order chi connectivity index (χ0) is 18.9. The summed E-state index contributed by atoms with van der Waals surface area (Å²) < 4.78 is 0. The molecule has 0 aromatic heterocycles. The van der Waals surface area contributed by atoms with Gasteiger partial charge >= 0.3 is 6.03 Å². The van der Waals surface area contributed by atoms with Crippen molar-refractivity contribution in [3.05, 3.63) is 35.9 Å². The van der Waals surface area contributed by atoms with E-state index in [0.29, 0.717) is 25.9 Å². The van der Waals surface area contributed by atoms with Gasteiger partial charge in [-0.1, -0.05) is 30.3 Å². The van der Waals surface area contributed by atoms with Gasteiger partial charge in [-0.25, -0.2) is 4.79 Å². The fourth-order valence-electron chi connectivity index (χ4n) is 3.65. The van der Waals surface area contributed by atoms with Gasteiger partial charge in [0.05, 0.1) is 0 Å². The molecular weight excluding hydrogens is 332 g/mol. The SMILES string of the molecule is CC1(C)NC(=O)N(CCCC(=O)N2C[C@@H](N)[C@H](c3ccccc3)C2)C1=O. The highest BCUT2D eigenvalue weighted by molar-refractivity contribution is 6.06. The molecule has 1 aromatic carbocycles. The van der Waals surface area contributed by atoms with E-state index in [0.717, 1.165) is 5.56 Å². The van der Waals surface area contributed by atoms with Crippen LogP contribution in [-0.2, 0) is 9.59 Å². The van der Waals surface area contributed by atoms with Gasteiger partial charge in [0.15, 0.2) is 0 Å². The summed E-state index contributed by atoms with van der Waals surface area (Å²) in [5, 5.41) is 2.64. The van der Waals surface area contributed by atoms with Crippen molar-refractivity contribution in [2.45, 2.75) is 44.2 Å². The highest BCUT2D eigenvalue weighted by atomic mass is 16.2. The summed E-state index contributed by atoms with van der Waals surface area (Å²) in [6.45, 7) is 4.75. The Kier molecular flexibility index (Phi) is 5.00. The van der Waals surface area contributed by atoms with Crippen molar-refractivity contribution in [2.75, 3.05) is 19.6 Å². The molecule has 1 aromatic rings. The molecule has 2 heterocycles. The number of amides is 4. The van der Waals surface area contributed by atoms with Gasteiger partial charge in [-0.3, -0.25) is 14.5 Å². The van der Waals surface area contributed by atoms with Gasteiger partial charge in [0, 0.05) is 38.0 Å². The van der Waals surface area contributed by atoms with E-state index >= 15 is 0 Å². The predicted octanol–water partition coefficient (Wildman–Crippen LogP) is 1.05. The molecule has 4 amide bonds. The summed E-state index contributed by atoms with van der Waals surface area (Å²) in [6, 6.07) is 9.53. The first-order chi connectivity index (χ1) is 12.3. The van der Waals surface area contributed by atoms with Crippen LogP contribution in [0.15, 0.2) is 30.3 Å². The molecule has 0 saturated carbocycles. The minimum atomic E-state index is -0.869. The third-order valence-corrected chi connectivity index (χ3v) is 5.16. The maximum absolute atomic E-state index is 12.5. The molecule has 0 bridgehead atoms. The second kappa shape index (κ2) is 7.07. The average Bonchev–Trinajstić information content (AvgIpc) is 3.08. The van der Waals surface area contributed by atoms with E-state index < -0.39 is 5.54 Å². The molecule has 0 unspecified atom stereocenters. The Balaban J connectivity index is 1.50. The molecule has 2 aliphatic heterocycles. The van der Waals surface area contributed by atoms with E-state index in [2.05, 4.69) is 5.32 Å². The van der Waals surface area contributed by atoms with E-state index in [1.54, 1.807) is 18.7 Å². The first-order valence-electron chi connectivity index (χ1n) is 9.02. The number of carbonyl (C=O) groups excluding carboxylic acids is 3. The first kappa shape index (κ1) is 18.4. The fourth-order valence-corrected chi connectivity index (χ4v) is 3.65. The van der Waals surface area contributed by atoms with Crippen LogP contribution in [0.1, 0.15) is 38.2 Å². The molecule has 2 atom stereocenters. The van der Waals surface area contributed by atoms with Crippen LogP contribution in [0.2, 0.25) is 0 Å². The summed E-state index contributed by atoms with van der Waals surface area (Å²) in [6.07, 6.45) is 0.752. The van der Waals surface area contributed by atoms with Gasteiger partial charge in [-0.15, -0.1) is 0 Å². The number of nitrogens with two attached hydrogens (primary N) is 1. The van der Waals surface area contributed by atoms with Gasteiger partial charge in [0.1, 0.15) is 5.54 Å². The Bertz CT molecular complexity index is 704. The Morgan fingerprint density at radius 2 is 1.92 bits per heavy atom. The van der Waals surface area contributed by atoms with Crippen LogP contribution < -0.4 is 11.1 Å². The van der Waals surface area contributed by atoms with Crippen molar-refractivity contribution in [1.82, 2.24) is 15.1 Å². The fraction of sp³-hybridized carbons (Fsp3) is 0.526. The lowest BCUT2D eigenvalue weighted by atomic mass is 9.95. The number of nitrogens with zero attached hydrogens (tertiary/aromatic N) is 2. The molecule has 2 saturated heterocycles. The number of benzene rings is 1. The molecule has 140 valence electrons. The van der Waals surface area contributed by atoms with Crippen LogP contribution in [0.5, 0.6) is 0 Å². The Hall–Kier alpha value is -2.41. The zero-order valence-corrected chi connectivity index (χ0v) is 15.3. The topological polar surface area (TPSA) is 95.7 Å². The number of hydrogen-bond acceptors (Lipinski definition) is 4. The molecule has 7 heteroatoms. The number of likely N-dealkylation sites (tertiary alicyclic amines) is 1. The lowest BCUT2D eigenvalue weighted by Gasteiger charge is -2.18. The van der Waals surface area contributed by atoms with Crippen LogP contribution in [-0.4, -0.2) is 58.9 Å². The van der Waals surface area contributed by atoms with Crippen molar-refractivity contribution in [3.8, 4) is 0 Å². The Labute approximate surface area is 153 Å². The molecule has 3 N–H and O–H groups in total. The van der Waals surface area contributed by atoms with Crippen LogP contribution in [0, 0.1) is 0 Å². The van der Waals surface area contributed by atoms with Gasteiger partial charge in [0.2, 0.25) is 5.91 Å². The van der Waals surface area contributed by atoms with Crippen molar-refractivity contribution in [3.63, 3.8) is 0 Å². The van der Waals surface area contributed by atoms with E-state index in [1.807, 2.05) is 30.3 Å². The largest absolute Gasteiger partial charge is 0.340 e. The summed E-state index contributed by atoms with van der Waals surface area (Å²) in [5.74, 6) is -0.0839. The monoisotopic (exact) mass is 358 g/mol. The van der Waals surface area contributed by atoms with Crippen molar-refractivity contribution >= 4 is 17.8 Å². The van der Waals surface area contributed by atoms with Gasteiger partial charge in [0.25, 0.3) is 5.91 Å². The summed E-state index contributed by atoms with van der Waals surface area (Å²) in [5.41, 5.74) is 6.51. The van der Waals surface area contributed by atoms with Crippen LogP contribution in [0.3, 0.4) is 0 Å². The lowest BCUT2D eigenvalue weighted by molar-refractivity contribution is -0.132. The van der Waals surface area contributed by atoms with Crippen LogP contribution >= 0.6 is 0 Å². The highest BCUT2D eigenvalue weighted by Gasteiger charge is 2.43. The first-order valence-corrected chi connectivity index (χ1v) is 9.02. The van der Waals surface area contributed by atoms with Gasteiger partial charge in [-0.05, 0) is 25.8 Å². The number of imide groups is 1. The van der Waals surface area contributed by atoms with E-state index in [-0.39, 0.29) is 36.3 Å². The summed E-state index contributed by atoms with van der Waals surface area (Å²) in [4.78, 5) is 39.5. The maximum atomic E-state index is 12.5. The summed E-state index contributed by atoms with van der Waals surface area (Å²) >= 11 is 0. The van der Waals surface area contributed by atoms with Crippen molar-refractivity contribution < 1.29 is 14.4 Å².